The lowest BCUT2D eigenvalue weighted by Crippen LogP contribution is -2.23. The van der Waals surface area contributed by atoms with Crippen LogP contribution < -0.4 is 10.1 Å². The summed E-state index contributed by atoms with van der Waals surface area (Å²) in [5.41, 5.74) is 1.75. The molecule has 1 heterocycles. The van der Waals surface area contributed by atoms with Crippen LogP contribution in [-0.4, -0.2) is 13.7 Å². The van der Waals surface area contributed by atoms with Crippen molar-refractivity contribution < 1.29 is 13.5 Å². The average Bonchev–Trinajstić information content (AvgIpc) is 2.86. The van der Waals surface area contributed by atoms with Crippen molar-refractivity contribution in [2.24, 2.45) is 0 Å². The van der Waals surface area contributed by atoms with Crippen molar-refractivity contribution in [3.63, 3.8) is 0 Å². The van der Waals surface area contributed by atoms with E-state index in [1.54, 1.807) is 19.4 Å². The van der Waals surface area contributed by atoms with Crippen LogP contribution in [0.1, 0.15) is 36.3 Å². The highest BCUT2D eigenvalue weighted by molar-refractivity contribution is 5.41. The van der Waals surface area contributed by atoms with Crippen molar-refractivity contribution in [2.75, 3.05) is 13.7 Å². The van der Waals surface area contributed by atoms with Gasteiger partial charge in [-0.1, -0.05) is 6.92 Å². The molecule has 0 radical (unpaired) electrons. The van der Waals surface area contributed by atoms with Crippen LogP contribution in [0.3, 0.4) is 0 Å². The SMILES string of the molecule is CCCNC(c1coc(C)c1)c1cc(F)ccc1OC. The number of methoxy groups -OCH3 is 1. The molecule has 0 aliphatic rings. The predicted octanol–water partition coefficient (Wildman–Crippen LogP) is 3.82. The van der Waals surface area contributed by atoms with Gasteiger partial charge in [0.1, 0.15) is 17.3 Å². The fraction of sp³-hybridized carbons (Fsp3) is 0.375. The normalized spacial score (nSPS) is 12.4. The van der Waals surface area contributed by atoms with Gasteiger partial charge in [0.2, 0.25) is 0 Å². The minimum Gasteiger partial charge on any atom is -0.496 e. The van der Waals surface area contributed by atoms with Gasteiger partial charge in [-0.2, -0.15) is 0 Å². The largest absolute Gasteiger partial charge is 0.496 e. The highest BCUT2D eigenvalue weighted by Gasteiger charge is 2.20. The zero-order chi connectivity index (χ0) is 14.5. The maximum atomic E-state index is 13.6. The minimum atomic E-state index is -0.274. The van der Waals surface area contributed by atoms with Gasteiger partial charge in [-0.05, 0) is 44.2 Å². The minimum absolute atomic E-state index is 0.141. The van der Waals surface area contributed by atoms with Gasteiger partial charge in [0.05, 0.1) is 19.4 Å². The van der Waals surface area contributed by atoms with Gasteiger partial charge in [0, 0.05) is 11.1 Å². The van der Waals surface area contributed by atoms with Gasteiger partial charge in [-0.25, -0.2) is 4.39 Å². The number of furan rings is 1. The molecule has 2 rings (SSSR count). The van der Waals surface area contributed by atoms with E-state index in [9.17, 15) is 4.39 Å². The monoisotopic (exact) mass is 277 g/mol. The van der Waals surface area contributed by atoms with Gasteiger partial charge in [-0.3, -0.25) is 0 Å². The number of ether oxygens (including phenoxy) is 1. The molecule has 0 saturated carbocycles. The fourth-order valence-electron chi connectivity index (χ4n) is 2.24. The molecule has 0 spiro atoms. The van der Waals surface area contributed by atoms with E-state index in [-0.39, 0.29) is 11.9 Å². The second kappa shape index (κ2) is 6.57. The van der Waals surface area contributed by atoms with Crippen LogP contribution in [0.15, 0.2) is 34.9 Å². The zero-order valence-electron chi connectivity index (χ0n) is 12.1. The molecule has 4 heteroatoms. The Balaban J connectivity index is 2.42. The van der Waals surface area contributed by atoms with E-state index in [0.29, 0.717) is 5.75 Å². The van der Waals surface area contributed by atoms with E-state index in [0.717, 1.165) is 29.9 Å². The van der Waals surface area contributed by atoms with Crippen LogP contribution in [0.5, 0.6) is 5.75 Å². The van der Waals surface area contributed by atoms with E-state index in [4.69, 9.17) is 9.15 Å². The summed E-state index contributed by atoms with van der Waals surface area (Å²) in [6, 6.07) is 6.38. The summed E-state index contributed by atoms with van der Waals surface area (Å²) >= 11 is 0. The number of hydrogen-bond acceptors (Lipinski definition) is 3. The molecule has 2 aromatic rings. The van der Waals surface area contributed by atoms with Crippen molar-refractivity contribution in [1.29, 1.82) is 0 Å². The molecule has 1 N–H and O–H groups in total. The molecule has 108 valence electrons. The number of nitrogens with one attached hydrogen (secondary N) is 1. The molecular formula is C16H20FNO2. The molecule has 0 aliphatic carbocycles. The average molecular weight is 277 g/mol. The maximum absolute atomic E-state index is 13.6. The van der Waals surface area contributed by atoms with Crippen LogP contribution in [0, 0.1) is 12.7 Å². The van der Waals surface area contributed by atoms with Crippen LogP contribution in [0.25, 0.3) is 0 Å². The van der Waals surface area contributed by atoms with Gasteiger partial charge < -0.3 is 14.5 Å². The van der Waals surface area contributed by atoms with E-state index in [2.05, 4.69) is 12.2 Å². The topological polar surface area (TPSA) is 34.4 Å². The third kappa shape index (κ3) is 3.20. The Morgan fingerprint density at radius 3 is 2.75 bits per heavy atom. The Morgan fingerprint density at radius 2 is 2.15 bits per heavy atom. The number of rotatable bonds is 6. The summed E-state index contributed by atoms with van der Waals surface area (Å²) in [5, 5.41) is 3.41. The van der Waals surface area contributed by atoms with Crippen molar-refractivity contribution in [3.8, 4) is 5.75 Å². The molecule has 1 aromatic carbocycles. The Labute approximate surface area is 118 Å². The zero-order valence-corrected chi connectivity index (χ0v) is 12.1. The second-order valence-electron chi connectivity index (χ2n) is 4.76. The van der Waals surface area contributed by atoms with Gasteiger partial charge in [0.25, 0.3) is 0 Å². The summed E-state index contributed by atoms with van der Waals surface area (Å²) in [4.78, 5) is 0. The van der Waals surface area contributed by atoms with E-state index in [1.807, 2.05) is 13.0 Å². The molecule has 0 saturated heterocycles. The number of hydrogen-bond donors (Lipinski definition) is 1. The summed E-state index contributed by atoms with van der Waals surface area (Å²) in [6.45, 7) is 4.81. The number of benzene rings is 1. The molecule has 3 nitrogen and oxygen atoms in total. The van der Waals surface area contributed by atoms with Crippen molar-refractivity contribution in [3.05, 3.63) is 53.2 Å². The molecule has 20 heavy (non-hydrogen) atoms. The molecule has 0 amide bonds. The van der Waals surface area contributed by atoms with Crippen molar-refractivity contribution in [2.45, 2.75) is 26.3 Å². The van der Waals surface area contributed by atoms with Crippen molar-refractivity contribution >= 4 is 0 Å². The maximum Gasteiger partial charge on any atom is 0.124 e. The Morgan fingerprint density at radius 1 is 1.35 bits per heavy atom. The smallest absolute Gasteiger partial charge is 0.124 e. The predicted molar refractivity (Wildman–Crippen MR) is 76.5 cm³/mol. The van der Waals surface area contributed by atoms with Crippen LogP contribution in [0.2, 0.25) is 0 Å². The van der Waals surface area contributed by atoms with Gasteiger partial charge in [0.15, 0.2) is 0 Å². The third-order valence-electron chi connectivity index (χ3n) is 3.19. The van der Waals surface area contributed by atoms with Crippen LogP contribution >= 0.6 is 0 Å². The Kier molecular flexibility index (Phi) is 4.79. The first-order valence-electron chi connectivity index (χ1n) is 6.77. The summed E-state index contributed by atoms with van der Waals surface area (Å²) in [7, 11) is 1.59. The summed E-state index contributed by atoms with van der Waals surface area (Å²) in [6.07, 6.45) is 2.69. The highest BCUT2D eigenvalue weighted by Crippen LogP contribution is 2.31. The summed E-state index contributed by atoms with van der Waals surface area (Å²) in [5.74, 6) is 1.22. The molecule has 1 unspecified atom stereocenters. The van der Waals surface area contributed by atoms with Gasteiger partial charge >= 0.3 is 0 Å². The first-order valence-corrected chi connectivity index (χ1v) is 6.77. The lowest BCUT2D eigenvalue weighted by atomic mass is 9.99. The number of halogens is 1. The molecule has 0 fully saturated rings. The first-order chi connectivity index (χ1) is 9.65. The Hall–Kier alpha value is -1.81. The van der Waals surface area contributed by atoms with E-state index < -0.39 is 0 Å². The van der Waals surface area contributed by atoms with Crippen molar-refractivity contribution in [1.82, 2.24) is 5.32 Å². The van der Waals surface area contributed by atoms with Gasteiger partial charge in [-0.15, -0.1) is 0 Å². The summed E-state index contributed by atoms with van der Waals surface area (Å²) < 4.78 is 24.3. The fourth-order valence-corrected chi connectivity index (χ4v) is 2.24. The third-order valence-corrected chi connectivity index (χ3v) is 3.19. The lowest BCUT2D eigenvalue weighted by molar-refractivity contribution is 0.402. The lowest BCUT2D eigenvalue weighted by Gasteiger charge is -2.20. The molecule has 0 aliphatic heterocycles. The number of aryl methyl sites for hydroxylation is 1. The van der Waals surface area contributed by atoms with E-state index in [1.165, 1.54) is 12.1 Å². The molecular weight excluding hydrogens is 257 g/mol. The molecule has 1 aromatic heterocycles. The van der Waals surface area contributed by atoms with Crippen LogP contribution in [-0.2, 0) is 0 Å². The van der Waals surface area contributed by atoms with E-state index >= 15 is 0 Å². The molecule has 1 atom stereocenters. The highest BCUT2D eigenvalue weighted by atomic mass is 19.1. The molecule has 0 bridgehead atoms. The first kappa shape index (κ1) is 14.6. The standard InChI is InChI=1S/C16H20FNO2/c1-4-7-18-16(12-8-11(2)20-10-12)14-9-13(17)5-6-15(14)19-3/h5-6,8-10,16,18H,4,7H2,1-3H3. The quantitative estimate of drug-likeness (QED) is 0.871. The second-order valence-corrected chi connectivity index (χ2v) is 4.76. The Bertz CT molecular complexity index is 565. The van der Waals surface area contributed by atoms with Crippen LogP contribution in [0.4, 0.5) is 4.39 Å².